The number of halogens is 1. The summed E-state index contributed by atoms with van der Waals surface area (Å²) in [5.74, 6) is -1.37. The van der Waals surface area contributed by atoms with Crippen LogP contribution in [0.5, 0.6) is 5.75 Å². The molecule has 1 aromatic heterocycles. The van der Waals surface area contributed by atoms with Crippen LogP contribution in [0.2, 0.25) is 0 Å². The van der Waals surface area contributed by atoms with Gasteiger partial charge in [-0.2, -0.15) is 0 Å². The summed E-state index contributed by atoms with van der Waals surface area (Å²) >= 11 is 0. The van der Waals surface area contributed by atoms with Crippen molar-refractivity contribution in [3.05, 3.63) is 59.7 Å². The Morgan fingerprint density at radius 1 is 1.37 bits per heavy atom. The van der Waals surface area contributed by atoms with Gasteiger partial charge in [0.2, 0.25) is 0 Å². The van der Waals surface area contributed by atoms with E-state index in [1.807, 2.05) is 12.1 Å². The summed E-state index contributed by atoms with van der Waals surface area (Å²) in [5.41, 5.74) is 1.07. The number of nitrogens with one attached hydrogen (secondary N) is 1. The molecule has 0 bridgehead atoms. The number of phenols is 1. The molecule has 2 N–H and O–H groups in total. The van der Waals surface area contributed by atoms with E-state index in [9.17, 15) is 14.3 Å². The van der Waals surface area contributed by atoms with E-state index in [2.05, 4.69) is 10.3 Å². The van der Waals surface area contributed by atoms with E-state index in [-0.39, 0.29) is 11.3 Å². The molecule has 0 spiro atoms. The Bertz CT molecular complexity index is 573. The molecular weight excluding hydrogens is 247 g/mol. The van der Waals surface area contributed by atoms with Gasteiger partial charge in [0, 0.05) is 25.0 Å². The summed E-state index contributed by atoms with van der Waals surface area (Å²) in [4.78, 5) is 15.7. The number of aromatic hydroxyl groups is 1. The number of carbonyl (C=O) groups excluding carboxylic acids is 1. The summed E-state index contributed by atoms with van der Waals surface area (Å²) in [7, 11) is 0. The van der Waals surface area contributed by atoms with Crippen LogP contribution in [0.15, 0.2) is 42.7 Å². The van der Waals surface area contributed by atoms with Gasteiger partial charge in [0.15, 0.2) is 0 Å². The number of amides is 1. The Balaban J connectivity index is 1.91. The van der Waals surface area contributed by atoms with E-state index in [0.717, 1.165) is 17.7 Å². The third kappa shape index (κ3) is 3.51. The van der Waals surface area contributed by atoms with Crippen LogP contribution < -0.4 is 5.32 Å². The number of nitrogens with zero attached hydrogens (tertiary/aromatic N) is 1. The third-order valence-electron chi connectivity index (χ3n) is 2.63. The van der Waals surface area contributed by atoms with Crippen molar-refractivity contribution in [1.29, 1.82) is 0 Å². The smallest absolute Gasteiger partial charge is 0.255 e. The molecule has 0 aliphatic heterocycles. The molecule has 0 saturated heterocycles. The van der Waals surface area contributed by atoms with Crippen molar-refractivity contribution in [1.82, 2.24) is 10.3 Å². The normalized spacial score (nSPS) is 10.2. The largest absolute Gasteiger partial charge is 0.507 e. The summed E-state index contributed by atoms with van der Waals surface area (Å²) in [6, 6.07) is 7.04. The molecule has 0 aliphatic rings. The van der Waals surface area contributed by atoms with Gasteiger partial charge in [0.25, 0.3) is 5.91 Å². The van der Waals surface area contributed by atoms with E-state index in [1.165, 1.54) is 6.07 Å². The fraction of sp³-hybridized carbons (Fsp3) is 0.143. The minimum Gasteiger partial charge on any atom is -0.507 e. The maximum Gasteiger partial charge on any atom is 0.255 e. The van der Waals surface area contributed by atoms with Crippen LogP contribution in [-0.2, 0) is 6.42 Å². The van der Waals surface area contributed by atoms with Gasteiger partial charge in [0.1, 0.15) is 11.6 Å². The van der Waals surface area contributed by atoms with Gasteiger partial charge in [0.05, 0.1) is 5.56 Å². The van der Waals surface area contributed by atoms with Gasteiger partial charge >= 0.3 is 0 Å². The van der Waals surface area contributed by atoms with Gasteiger partial charge < -0.3 is 10.4 Å². The zero-order chi connectivity index (χ0) is 13.7. The second kappa shape index (κ2) is 5.95. The summed E-state index contributed by atoms with van der Waals surface area (Å²) in [6.07, 6.45) is 4.04. The summed E-state index contributed by atoms with van der Waals surface area (Å²) < 4.78 is 12.8. The molecule has 1 aromatic carbocycles. The fourth-order valence-corrected chi connectivity index (χ4v) is 1.66. The topological polar surface area (TPSA) is 62.2 Å². The average molecular weight is 260 g/mol. The van der Waals surface area contributed by atoms with Crippen LogP contribution in [0.25, 0.3) is 0 Å². The molecule has 98 valence electrons. The zero-order valence-electron chi connectivity index (χ0n) is 10.1. The van der Waals surface area contributed by atoms with E-state index < -0.39 is 11.7 Å². The van der Waals surface area contributed by atoms with E-state index in [1.54, 1.807) is 12.4 Å². The van der Waals surface area contributed by atoms with Crippen molar-refractivity contribution in [3.63, 3.8) is 0 Å². The highest BCUT2D eigenvalue weighted by Crippen LogP contribution is 2.17. The number of benzene rings is 1. The molecule has 5 heteroatoms. The minimum atomic E-state index is -0.579. The lowest BCUT2D eigenvalue weighted by atomic mass is 10.1. The van der Waals surface area contributed by atoms with Gasteiger partial charge in [-0.15, -0.1) is 0 Å². The highest BCUT2D eigenvalue weighted by Gasteiger charge is 2.10. The Morgan fingerprint density at radius 2 is 2.21 bits per heavy atom. The van der Waals surface area contributed by atoms with E-state index in [4.69, 9.17) is 0 Å². The molecule has 19 heavy (non-hydrogen) atoms. The van der Waals surface area contributed by atoms with Gasteiger partial charge in [-0.05, 0) is 30.2 Å². The maximum absolute atomic E-state index is 12.8. The summed E-state index contributed by atoms with van der Waals surface area (Å²) in [6.45, 7) is 0.418. The Morgan fingerprint density at radius 3 is 2.89 bits per heavy atom. The molecule has 0 radical (unpaired) electrons. The zero-order valence-corrected chi connectivity index (χ0v) is 10.1. The third-order valence-corrected chi connectivity index (χ3v) is 2.63. The molecule has 2 aromatic rings. The van der Waals surface area contributed by atoms with Crippen LogP contribution in [0.1, 0.15) is 15.9 Å². The van der Waals surface area contributed by atoms with Crippen molar-refractivity contribution < 1.29 is 14.3 Å². The number of hydrogen-bond donors (Lipinski definition) is 2. The first-order valence-electron chi connectivity index (χ1n) is 5.82. The fourth-order valence-electron chi connectivity index (χ4n) is 1.66. The highest BCUT2D eigenvalue weighted by molar-refractivity contribution is 5.96. The molecule has 0 unspecified atom stereocenters. The molecular formula is C14H13FN2O2. The van der Waals surface area contributed by atoms with Crippen molar-refractivity contribution in [2.75, 3.05) is 6.54 Å². The van der Waals surface area contributed by atoms with Gasteiger partial charge in [-0.3, -0.25) is 9.78 Å². The molecule has 2 rings (SSSR count). The Kier molecular flexibility index (Phi) is 4.07. The molecule has 1 amide bonds. The molecule has 0 atom stereocenters. The number of hydrogen-bond acceptors (Lipinski definition) is 3. The van der Waals surface area contributed by atoms with Crippen LogP contribution in [0.3, 0.4) is 0 Å². The average Bonchev–Trinajstić information content (AvgIpc) is 2.39. The lowest BCUT2D eigenvalue weighted by Gasteiger charge is -2.06. The van der Waals surface area contributed by atoms with Crippen molar-refractivity contribution in [2.45, 2.75) is 6.42 Å². The number of carbonyl (C=O) groups is 1. The van der Waals surface area contributed by atoms with E-state index >= 15 is 0 Å². The second-order valence-corrected chi connectivity index (χ2v) is 4.03. The van der Waals surface area contributed by atoms with Crippen LogP contribution in [0, 0.1) is 5.82 Å². The van der Waals surface area contributed by atoms with Crippen LogP contribution >= 0.6 is 0 Å². The molecule has 0 saturated carbocycles. The second-order valence-electron chi connectivity index (χ2n) is 4.03. The van der Waals surface area contributed by atoms with Crippen molar-refractivity contribution in [3.8, 4) is 5.75 Å². The monoisotopic (exact) mass is 260 g/mol. The molecule has 0 fully saturated rings. The predicted octanol–water partition coefficient (Wildman–Crippen LogP) is 1.90. The predicted molar refractivity (Wildman–Crippen MR) is 68.3 cm³/mol. The number of phenolic OH excluding ortho intramolecular Hbond substituents is 1. The number of aromatic nitrogens is 1. The van der Waals surface area contributed by atoms with Gasteiger partial charge in [-0.25, -0.2) is 4.39 Å². The van der Waals surface area contributed by atoms with Crippen LogP contribution in [0.4, 0.5) is 4.39 Å². The SMILES string of the molecule is O=C(NCCc1cccnc1)c1ccc(F)cc1O. The van der Waals surface area contributed by atoms with Crippen molar-refractivity contribution in [2.24, 2.45) is 0 Å². The van der Waals surface area contributed by atoms with Crippen LogP contribution in [-0.4, -0.2) is 22.5 Å². The summed E-state index contributed by atoms with van der Waals surface area (Å²) in [5, 5.41) is 12.1. The van der Waals surface area contributed by atoms with E-state index in [0.29, 0.717) is 13.0 Å². The number of pyridine rings is 1. The first-order chi connectivity index (χ1) is 9.16. The molecule has 0 aliphatic carbocycles. The first kappa shape index (κ1) is 13.0. The highest BCUT2D eigenvalue weighted by atomic mass is 19.1. The minimum absolute atomic E-state index is 0.0626. The number of rotatable bonds is 4. The van der Waals surface area contributed by atoms with Crippen molar-refractivity contribution >= 4 is 5.91 Å². The Labute approximate surface area is 109 Å². The standard InChI is InChI=1S/C14H13FN2O2/c15-11-3-4-12(13(18)8-11)14(19)17-7-5-10-2-1-6-16-9-10/h1-4,6,8-9,18H,5,7H2,(H,17,19). The lowest BCUT2D eigenvalue weighted by Crippen LogP contribution is -2.25. The Hall–Kier alpha value is -2.43. The van der Waals surface area contributed by atoms with Gasteiger partial charge in [-0.1, -0.05) is 6.07 Å². The quantitative estimate of drug-likeness (QED) is 0.882. The lowest BCUT2D eigenvalue weighted by molar-refractivity contribution is 0.0951. The maximum atomic E-state index is 12.8. The molecule has 4 nitrogen and oxygen atoms in total. The molecule has 1 heterocycles. The first-order valence-corrected chi connectivity index (χ1v) is 5.82.